The summed E-state index contributed by atoms with van der Waals surface area (Å²) in [4.78, 5) is 2.04. The molecule has 0 aliphatic carbocycles. The molecule has 1 aromatic carbocycles. The molecule has 2 atom stereocenters. The zero-order chi connectivity index (χ0) is 15.8. The molecule has 1 heterocycles. The highest BCUT2D eigenvalue weighted by Crippen LogP contribution is 2.31. The van der Waals surface area contributed by atoms with Crippen LogP contribution < -0.4 is 10.2 Å². The summed E-state index contributed by atoms with van der Waals surface area (Å²) >= 11 is 0. The van der Waals surface area contributed by atoms with Gasteiger partial charge in [-0.3, -0.25) is 0 Å². The summed E-state index contributed by atoms with van der Waals surface area (Å²) < 4.78 is 28.3. The Balaban J connectivity index is 2.43. The van der Waals surface area contributed by atoms with Gasteiger partial charge in [-0.25, -0.2) is 8.78 Å². The van der Waals surface area contributed by atoms with E-state index in [1.54, 1.807) is 6.92 Å². The van der Waals surface area contributed by atoms with E-state index in [1.807, 2.05) is 4.90 Å². The van der Waals surface area contributed by atoms with Gasteiger partial charge in [0.05, 0.1) is 5.69 Å². The zero-order valence-corrected chi connectivity index (χ0v) is 13.6. The molecule has 2 unspecified atom stereocenters. The average molecular weight is 296 g/mol. The second-order valence-electron chi connectivity index (χ2n) is 6.79. The van der Waals surface area contributed by atoms with Crippen molar-refractivity contribution in [2.24, 2.45) is 5.92 Å². The Morgan fingerprint density at radius 1 is 1.33 bits per heavy atom. The van der Waals surface area contributed by atoms with Crippen LogP contribution in [0.1, 0.15) is 39.7 Å². The molecule has 0 saturated carbocycles. The highest BCUT2D eigenvalue weighted by atomic mass is 19.1. The van der Waals surface area contributed by atoms with Crippen LogP contribution in [0.3, 0.4) is 0 Å². The number of halogens is 2. The SMILES string of the molecule is CCC1(C)CN(c2cc(F)c(C)cc2F)C(C(C)C)CN1. The monoisotopic (exact) mass is 296 g/mol. The molecule has 118 valence electrons. The molecule has 0 amide bonds. The lowest BCUT2D eigenvalue weighted by atomic mass is 9.89. The van der Waals surface area contributed by atoms with E-state index in [9.17, 15) is 8.78 Å². The highest BCUT2D eigenvalue weighted by Gasteiger charge is 2.37. The van der Waals surface area contributed by atoms with Crippen molar-refractivity contribution in [1.29, 1.82) is 0 Å². The summed E-state index contributed by atoms with van der Waals surface area (Å²) in [6.07, 6.45) is 0.949. The van der Waals surface area contributed by atoms with Crippen LogP contribution in [-0.2, 0) is 0 Å². The number of nitrogens with one attached hydrogen (secondary N) is 1. The molecule has 21 heavy (non-hydrogen) atoms. The number of benzene rings is 1. The maximum atomic E-state index is 14.4. The Morgan fingerprint density at radius 3 is 2.57 bits per heavy atom. The number of aryl methyl sites for hydroxylation is 1. The van der Waals surface area contributed by atoms with Gasteiger partial charge in [-0.2, -0.15) is 0 Å². The molecular weight excluding hydrogens is 270 g/mol. The Bertz CT molecular complexity index is 516. The molecule has 1 fully saturated rings. The summed E-state index contributed by atoms with van der Waals surface area (Å²) in [5, 5.41) is 3.56. The van der Waals surface area contributed by atoms with Crippen LogP contribution in [0.4, 0.5) is 14.5 Å². The minimum absolute atomic E-state index is 0.0702. The first kappa shape index (κ1) is 16.2. The topological polar surface area (TPSA) is 15.3 Å². The number of nitrogens with zero attached hydrogens (tertiary/aromatic N) is 1. The molecule has 1 N–H and O–H groups in total. The summed E-state index contributed by atoms with van der Waals surface area (Å²) in [5.41, 5.74) is 0.669. The summed E-state index contributed by atoms with van der Waals surface area (Å²) in [5.74, 6) is -0.312. The second kappa shape index (κ2) is 5.91. The van der Waals surface area contributed by atoms with Gasteiger partial charge in [0, 0.05) is 30.7 Å². The Kier molecular flexibility index (Phi) is 4.57. The van der Waals surface area contributed by atoms with Gasteiger partial charge in [0.25, 0.3) is 0 Å². The van der Waals surface area contributed by atoms with E-state index < -0.39 is 0 Å². The lowest BCUT2D eigenvalue weighted by Crippen LogP contribution is -2.64. The predicted octanol–water partition coefficient (Wildman–Crippen LogP) is 3.88. The molecular formula is C17H26F2N2. The molecule has 2 nitrogen and oxygen atoms in total. The van der Waals surface area contributed by atoms with Gasteiger partial charge >= 0.3 is 0 Å². The Labute approximate surface area is 126 Å². The van der Waals surface area contributed by atoms with Crippen LogP contribution in [0.15, 0.2) is 12.1 Å². The largest absolute Gasteiger partial charge is 0.363 e. The van der Waals surface area contributed by atoms with Gasteiger partial charge < -0.3 is 10.2 Å². The van der Waals surface area contributed by atoms with E-state index in [-0.39, 0.29) is 23.2 Å². The molecule has 2 rings (SSSR count). The van der Waals surface area contributed by atoms with Crippen LogP contribution in [0, 0.1) is 24.5 Å². The van der Waals surface area contributed by atoms with Gasteiger partial charge in [0.1, 0.15) is 11.6 Å². The van der Waals surface area contributed by atoms with E-state index in [0.717, 1.165) is 13.0 Å². The quantitative estimate of drug-likeness (QED) is 0.910. The normalized spacial score (nSPS) is 26.5. The minimum Gasteiger partial charge on any atom is -0.363 e. The smallest absolute Gasteiger partial charge is 0.146 e. The lowest BCUT2D eigenvalue weighted by molar-refractivity contribution is 0.251. The number of piperazine rings is 1. The fourth-order valence-corrected chi connectivity index (χ4v) is 2.96. The maximum absolute atomic E-state index is 14.4. The third kappa shape index (κ3) is 3.20. The molecule has 0 bridgehead atoms. The van der Waals surface area contributed by atoms with E-state index in [0.29, 0.717) is 23.7 Å². The average Bonchev–Trinajstić information content (AvgIpc) is 2.42. The first-order chi connectivity index (χ1) is 9.77. The predicted molar refractivity (Wildman–Crippen MR) is 83.8 cm³/mol. The van der Waals surface area contributed by atoms with Crippen molar-refractivity contribution in [3.8, 4) is 0 Å². The van der Waals surface area contributed by atoms with Crippen LogP contribution in [0.2, 0.25) is 0 Å². The lowest BCUT2D eigenvalue weighted by Gasteiger charge is -2.48. The standard InChI is InChI=1S/C17H26F2N2/c1-6-17(5)10-21(16(9-20-17)11(2)3)15-8-13(18)12(4)7-14(15)19/h7-8,11,16,20H,6,9-10H2,1-5H3. The first-order valence-electron chi connectivity index (χ1n) is 7.74. The van der Waals surface area contributed by atoms with Crippen LogP contribution in [0.5, 0.6) is 0 Å². The third-order valence-corrected chi connectivity index (χ3v) is 4.75. The first-order valence-corrected chi connectivity index (χ1v) is 7.74. The van der Waals surface area contributed by atoms with Gasteiger partial charge in [-0.15, -0.1) is 0 Å². The van der Waals surface area contributed by atoms with Crippen LogP contribution >= 0.6 is 0 Å². The van der Waals surface area contributed by atoms with Crippen molar-refractivity contribution in [1.82, 2.24) is 5.32 Å². The highest BCUT2D eigenvalue weighted by molar-refractivity contribution is 5.52. The Hall–Kier alpha value is -1.16. The molecule has 0 spiro atoms. The molecule has 1 aromatic rings. The van der Waals surface area contributed by atoms with Gasteiger partial charge in [-0.05, 0) is 37.8 Å². The third-order valence-electron chi connectivity index (χ3n) is 4.75. The van der Waals surface area contributed by atoms with E-state index >= 15 is 0 Å². The van der Waals surface area contributed by atoms with E-state index in [4.69, 9.17) is 0 Å². The molecule has 1 saturated heterocycles. The number of rotatable bonds is 3. The maximum Gasteiger partial charge on any atom is 0.146 e. The van der Waals surface area contributed by atoms with Gasteiger partial charge in [0.15, 0.2) is 0 Å². The fourth-order valence-electron chi connectivity index (χ4n) is 2.96. The van der Waals surface area contributed by atoms with Crippen molar-refractivity contribution >= 4 is 5.69 Å². The zero-order valence-electron chi connectivity index (χ0n) is 13.6. The molecule has 1 aliphatic heterocycles. The molecule has 0 aromatic heterocycles. The fraction of sp³-hybridized carbons (Fsp3) is 0.647. The van der Waals surface area contributed by atoms with E-state index in [2.05, 4.69) is 33.0 Å². The Morgan fingerprint density at radius 2 is 2.00 bits per heavy atom. The second-order valence-corrected chi connectivity index (χ2v) is 6.79. The van der Waals surface area contributed by atoms with Crippen LogP contribution in [0.25, 0.3) is 0 Å². The van der Waals surface area contributed by atoms with Crippen molar-refractivity contribution in [3.63, 3.8) is 0 Å². The molecule has 1 aliphatic rings. The summed E-state index contributed by atoms with van der Waals surface area (Å²) in [6.45, 7) is 11.6. The van der Waals surface area contributed by atoms with Crippen molar-refractivity contribution in [2.75, 3.05) is 18.0 Å². The van der Waals surface area contributed by atoms with Gasteiger partial charge in [-0.1, -0.05) is 20.8 Å². The molecule has 0 radical (unpaired) electrons. The van der Waals surface area contributed by atoms with E-state index in [1.165, 1.54) is 12.1 Å². The van der Waals surface area contributed by atoms with Crippen molar-refractivity contribution in [3.05, 3.63) is 29.3 Å². The van der Waals surface area contributed by atoms with Crippen LogP contribution in [-0.4, -0.2) is 24.7 Å². The van der Waals surface area contributed by atoms with Crippen molar-refractivity contribution < 1.29 is 8.78 Å². The number of anilines is 1. The summed E-state index contributed by atoms with van der Waals surface area (Å²) in [6, 6.07) is 2.82. The summed E-state index contributed by atoms with van der Waals surface area (Å²) in [7, 11) is 0. The minimum atomic E-state index is -0.342. The molecule has 4 heteroatoms. The number of hydrogen-bond acceptors (Lipinski definition) is 2. The number of hydrogen-bond donors (Lipinski definition) is 1. The van der Waals surface area contributed by atoms with Crippen molar-refractivity contribution in [2.45, 2.75) is 52.6 Å². The van der Waals surface area contributed by atoms with Gasteiger partial charge in [0.2, 0.25) is 0 Å².